The van der Waals surface area contributed by atoms with E-state index < -0.39 is 0 Å². The monoisotopic (exact) mass is 291 g/mol. The molecule has 1 aliphatic rings. The summed E-state index contributed by atoms with van der Waals surface area (Å²) in [5.74, 6) is 4.79. The van der Waals surface area contributed by atoms with E-state index in [1.165, 1.54) is 6.07 Å². The van der Waals surface area contributed by atoms with E-state index in [-0.39, 0.29) is 12.4 Å². The van der Waals surface area contributed by atoms with Crippen LogP contribution < -0.4 is 0 Å². The van der Waals surface area contributed by atoms with Gasteiger partial charge in [-0.3, -0.25) is 4.90 Å². The van der Waals surface area contributed by atoms with E-state index in [1.54, 1.807) is 12.1 Å². The summed E-state index contributed by atoms with van der Waals surface area (Å²) < 4.78 is 19.3. The van der Waals surface area contributed by atoms with E-state index in [0.29, 0.717) is 11.7 Å². The van der Waals surface area contributed by atoms with Gasteiger partial charge in [0.15, 0.2) is 0 Å². The molecule has 21 heavy (non-hydrogen) atoms. The zero-order chi connectivity index (χ0) is 15.1. The highest BCUT2D eigenvalue weighted by Gasteiger charge is 2.18. The van der Waals surface area contributed by atoms with Crippen molar-refractivity contribution in [1.82, 2.24) is 4.90 Å². The molecule has 0 amide bonds. The van der Waals surface area contributed by atoms with Crippen LogP contribution in [0.2, 0.25) is 0 Å². The van der Waals surface area contributed by atoms with Gasteiger partial charge >= 0.3 is 0 Å². The van der Waals surface area contributed by atoms with Crippen LogP contribution in [0, 0.1) is 17.7 Å². The van der Waals surface area contributed by atoms with Gasteiger partial charge in [0.1, 0.15) is 12.4 Å². The molecule has 1 atom stereocenters. The lowest BCUT2D eigenvalue weighted by Crippen LogP contribution is -2.31. The summed E-state index contributed by atoms with van der Waals surface area (Å²) in [5, 5.41) is 8.71. The molecule has 0 spiro atoms. The maximum atomic E-state index is 13.6. The normalized spacial score (nSPS) is 17.8. The van der Waals surface area contributed by atoms with Gasteiger partial charge in [0, 0.05) is 19.7 Å². The number of aliphatic hydroxyl groups is 1. The number of halogens is 1. The first-order valence-corrected chi connectivity index (χ1v) is 7.45. The first-order valence-electron chi connectivity index (χ1n) is 7.45. The van der Waals surface area contributed by atoms with Crippen molar-refractivity contribution in [3.8, 4) is 11.8 Å². The number of hydrogen-bond acceptors (Lipinski definition) is 3. The van der Waals surface area contributed by atoms with Crippen LogP contribution >= 0.6 is 0 Å². The van der Waals surface area contributed by atoms with Crippen molar-refractivity contribution >= 4 is 0 Å². The van der Waals surface area contributed by atoms with Crippen LogP contribution in [-0.4, -0.2) is 42.4 Å². The lowest BCUT2D eigenvalue weighted by molar-refractivity contribution is 0.0725. The van der Waals surface area contributed by atoms with Gasteiger partial charge < -0.3 is 9.84 Å². The highest BCUT2D eigenvalue weighted by Crippen LogP contribution is 2.16. The van der Waals surface area contributed by atoms with Crippen molar-refractivity contribution in [2.45, 2.75) is 32.4 Å². The number of nitrogens with zero attached hydrogens (tertiary/aromatic N) is 1. The number of likely N-dealkylation sites (N-methyl/N-ethyl adjacent to an activating group) is 1. The Morgan fingerprint density at radius 2 is 2.33 bits per heavy atom. The molecule has 1 unspecified atom stereocenters. The molecule has 1 saturated heterocycles. The third-order valence-electron chi connectivity index (χ3n) is 3.67. The Hall–Kier alpha value is -1.41. The predicted molar refractivity (Wildman–Crippen MR) is 80.3 cm³/mol. The van der Waals surface area contributed by atoms with Crippen molar-refractivity contribution in [3.05, 3.63) is 35.1 Å². The predicted octanol–water partition coefficient (Wildman–Crippen LogP) is 2.17. The molecule has 114 valence electrons. The minimum Gasteiger partial charge on any atom is -0.384 e. The zero-order valence-electron chi connectivity index (χ0n) is 12.4. The summed E-state index contributed by atoms with van der Waals surface area (Å²) in [4.78, 5) is 2.30. The largest absolute Gasteiger partial charge is 0.384 e. The van der Waals surface area contributed by atoms with Gasteiger partial charge in [0.25, 0.3) is 0 Å². The van der Waals surface area contributed by atoms with Crippen molar-refractivity contribution < 1.29 is 14.2 Å². The number of aliphatic hydroxyl groups excluding tert-OH is 1. The SMILES string of the molecule is CCN(Cc1ccc(F)c(C#CCO)c1)CC1CCCO1. The molecule has 1 fully saturated rings. The molecule has 1 aliphatic heterocycles. The van der Waals surface area contributed by atoms with Crippen molar-refractivity contribution in [3.63, 3.8) is 0 Å². The molecule has 0 radical (unpaired) electrons. The Kier molecular flexibility index (Phi) is 6.19. The lowest BCUT2D eigenvalue weighted by atomic mass is 10.1. The van der Waals surface area contributed by atoms with Gasteiger partial charge in [0.2, 0.25) is 0 Å². The Bertz CT molecular complexity index is 515. The van der Waals surface area contributed by atoms with Crippen LogP contribution in [0.3, 0.4) is 0 Å². The molecule has 0 saturated carbocycles. The summed E-state index contributed by atoms with van der Waals surface area (Å²) in [5.41, 5.74) is 1.37. The van der Waals surface area contributed by atoms with E-state index in [9.17, 15) is 4.39 Å². The average Bonchev–Trinajstić information content (AvgIpc) is 3.00. The van der Waals surface area contributed by atoms with E-state index in [2.05, 4.69) is 23.7 Å². The number of rotatable bonds is 5. The second kappa shape index (κ2) is 8.14. The molecule has 1 heterocycles. The molecule has 0 aliphatic carbocycles. The van der Waals surface area contributed by atoms with Crippen LogP contribution in [0.4, 0.5) is 4.39 Å². The maximum Gasteiger partial charge on any atom is 0.138 e. The molecule has 1 aromatic carbocycles. The van der Waals surface area contributed by atoms with Crippen LogP contribution in [-0.2, 0) is 11.3 Å². The molecule has 2 rings (SSSR count). The maximum absolute atomic E-state index is 13.6. The van der Waals surface area contributed by atoms with E-state index >= 15 is 0 Å². The van der Waals surface area contributed by atoms with Crippen molar-refractivity contribution in [2.24, 2.45) is 0 Å². The fourth-order valence-corrected chi connectivity index (χ4v) is 2.54. The summed E-state index contributed by atoms with van der Waals surface area (Å²) in [6.07, 6.45) is 2.58. The van der Waals surface area contributed by atoms with Crippen LogP contribution in [0.5, 0.6) is 0 Å². The summed E-state index contributed by atoms with van der Waals surface area (Å²) in [6, 6.07) is 4.99. The van der Waals surface area contributed by atoms with Gasteiger partial charge in [-0.2, -0.15) is 0 Å². The zero-order valence-corrected chi connectivity index (χ0v) is 12.4. The minimum atomic E-state index is -0.345. The lowest BCUT2D eigenvalue weighted by Gasteiger charge is -2.23. The number of hydrogen-bond donors (Lipinski definition) is 1. The van der Waals surface area contributed by atoms with Crippen LogP contribution in [0.25, 0.3) is 0 Å². The van der Waals surface area contributed by atoms with Gasteiger partial charge in [-0.05, 0) is 37.1 Å². The summed E-state index contributed by atoms with van der Waals surface area (Å²) in [6.45, 7) is 5.30. The van der Waals surface area contributed by atoms with Crippen LogP contribution in [0.1, 0.15) is 30.9 Å². The second-order valence-electron chi connectivity index (χ2n) is 5.24. The van der Waals surface area contributed by atoms with Crippen molar-refractivity contribution in [2.75, 3.05) is 26.3 Å². The van der Waals surface area contributed by atoms with Gasteiger partial charge in [-0.25, -0.2) is 4.39 Å². The second-order valence-corrected chi connectivity index (χ2v) is 5.24. The van der Waals surface area contributed by atoms with E-state index in [0.717, 1.165) is 44.6 Å². The van der Waals surface area contributed by atoms with Gasteiger partial charge in [0.05, 0.1) is 11.7 Å². The standard InChI is InChI=1S/C17H22FNO2/c1-2-19(13-16-6-4-10-21-16)12-14-7-8-17(18)15(11-14)5-3-9-20/h7-8,11,16,20H,2,4,6,9-10,12-13H2,1H3. The molecular formula is C17H22FNO2. The first-order chi connectivity index (χ1) is 10.2. The topological polar surface area (TPSA) is 32.7 Å². The smallest absolute Gasteiger partial charge is 0.138 e. The van der Waals surface area contributed by atoms with E-state index in [1.807, 2.05) is 0 Å². The molecule has 1 aromatic rings. The molecule has 0 bridgehead atoms. The summed E-state index contributed by atoms with van der Waals surface area (Å²) in [7, 11) is 0. The molecule has 1 N–H and O–H groups in total. The van der Waals surface area contributed by atoms with Gasteiger partial charge in [-0.15, -0.1) is 0 Å². The highest BCUT2D eigenvalue weighted by molar-refractivity contribution is 5.38. The average molecular weight is 291 g/mol. The number of ether oxygens (including phenoxy) is 1. The fraction of sp³-hybridized carbons (Fsp3) is 0.529. The molecule has 4 heteroatoms. The van der Waals surface area contributed by atoms with Gasteiger partial charge in [-0.1, -0.05) is 24.8 Å². The first kappa shape index (κ1) is 16.0. The molecular weight excluding hydrogens is 269 g/mol. The molecule has 3 nitrogen and oxygen atoms in total. The summed E-state index contributed by atoms with van der Waals surface area (Å²) >= 11 is 0. The van der Waals surface area contributed by atoms with Crippen LogP contribution in [0.15, 0.2) is 18.2 Å². The minimum absolute atomic E-state index is 0.260. The Labute approximate surface area is 125 Å². The molecule has 0 aromatic heterocycles. The Morgan fingerprint density at radius 1 is 1.48 bits per heavy atom. The third kappa shape index (κ3) is 4.82. The third-order valence-corrected chi connectivity index (χ3v) is 3.67. The Morgan fingerprint density at radius 3 is 3.00 bits per heavy atom. The highest BCUT2D eigenvalue weighted by atomic mass is 19.1. The van der Waals surface area contributed by atoms with E-state index in [4.69, 9.17) is 9.84 Å². The number of benzene rings is 1. The van der Waals surface area contributed by atoms with Crippen molar-refractivity contribution in [1.29, 1.82) is 0 Å². The Balaban J connectivity index is 2.02. The quantitative estimate of drug-likeness (QED) is 0.844. The fourth-order valence-electron chi connectivity index (χ4n) is 2.54.